The van der Waals surface area contributed by atoms with Gasteiger partial charge in [-0.2, -0.15) is 0 Å². The van der Waals surface area contributed by atoms with Gasteiger partial charge in [0.05, 0.1) is 0 Å². The van der Waals surface area contributed by atoms with E-state index in [1.54, 1.807) is 12.1 Å². The van der Waals surface area contributed by atoms with Gasteiger partial charge in [0.15, 0.2) is 0 Å². The highest BCUT2D eigenvalue weighted by Gasteiger charge is 2.14. The molecular formula is C16H21NO3. The van der Waals surface area contributed by atoms with Crippen LogP contribution in [0.4, 0.5) is 0 Å². The number of carboxylic acids is 1. The molecule has 0 bridgehead atoms. The average molecular weight is 275 g/mol. The van der Waals surface area contributed by atoms with E-state index < -0.39 is 5.97 Å². The predicted molar refractivity (Wildman–Crippen MR) is 79.6 cm³/mol. The number of carbonyl (C=O) groups is 2. The number of aliphatic carboxylic acids is 1. The van der Waals surface area contributed by atoms with Crippen LogP contribution in [0.5, 0.6) is 0 Å². The molecule has 0 aliphatic carbocycles. The fourth-order valence-electron chi connectivity index (χ4n) is 1.61. The second kappa shape index (κ2) is 6.89. The zero-order valence-electron chi connectivity index (χ0n) is 12.3. The molecule has 0 aromatic heterocycles. The van der Waals surface area contributed by atoms with Crippen molar-refractivity contribution in [2.24, 2.45) is 5.92 Å². The second-order valence-electron chi connectivity index (χ2n) is 5.25. The first-order valence-electron chi connectivity index (χ1n) is 6.63. The molecule has 1 aromatic carbocycles. The third-order valence-corrected chi connectivity index (χ3v) is 3.28. The summed E-state index contributed by atoms with van der Waals surface area (Å²) >= 11 is 0. The molecule has 1 unspecified atom stereocenters. The minimum absolute atomic E-state index is 0.0834. The SMILES string of the molecule is Cc1ccc(C=CC(=O)O)cc1C(=O)NC(C)C(C)C. The van der Waals surface area contributed by atoms with Gasteiger partial charge >= 0.3 is 5.97 Å². The highest BCUT2D eigenvalue weighted by Crippen LogP contribution is 2.13. The molecule has 108 valence electrons. The average Bonchev–Trinajstić information content (AvgIpc) is 2.37. The van der Waals surface area contributed by atoms with Crippen molar-refractivity contribution in [1.29, 1.82) is 0 Å². The first-order chi connectivity index (χ1) is 9.31. The maximum Gasteiger partial charge on any atom is 0.328 e. The molecule has 1 rings (SSSR count). The molecule has 1 atom stereocenters. The summed E-state index contributed by atoms with van der Waals surface area (Å²) in [6, 6.07) is 5.39. The highest BCUT2D eigenvalue weighted by molar-refractivity contribution is 5.96. The zero-order valence-corrected chi connectivity index (χ0v) is 12.3. The summed E-state index contributed by atoms with van der Waals surface area (Å²) in [6.45, 7) is 7.92. The molecule has 0 fully saturated rings. The summed E-state index contributed by atoms with van der Waals surface area (Å²) in [5.74, 6) is -0.784. The molecule has 4 heteroatoms. The lowest BCUT2D eigenvalue weighted by Crippen LogP contribution is -2.36. The van der Waals surface area contributed by atoms with Gasteiger partial charge in [-0.15, -0.1) is 0 Å². The molecule has 0 heterocycles. The molecule has 0 spiro atoms. The summed E-state index contributed by atoms with van der Waals surface area (Å²) in [5.41, 5.74) is 2.14. The quantitative estimate of drug-likeness (QED) is 0.812. The molecule has 0 aliphatic rings. The largest absolute Gasteiger partial charge is 0.478 e. The van der Waals surface area contributed by atoms with Gasteiger partial charge in [-0.3, -0.25) is 4.79 Å². The van der Waals surface area contributed by atoms with E-state index >= 15 is 0 Å². The Morgan fingerprint density at radius 3 is 2.45 bits per heavy atom. The molecule has 0 saturated carbocycles. The number of carbonyl (C=O) groups excluding carboxylic acids is 1. The zero-order chi connectivity index (χ0) is 15.3. The molecule has 0 saturated heterocycles. The summed E-state index contributed by atoms with van der Waals surface area (Å²) < 4.78 is 0. The Kier molecular flexibility index (Phi) is 5.50. The lowest BCUT2D eigenvalue weighted by molar-refractivity contribution is -0.131. The van der Waals surface area contributed by atoms with Gasteiger partial charge in [0, 0.05) is 17.7 Å². The van der Waals surface area contributed by atoms with Crippen LogP contribution < -0.4 is 5.32 Å². The molecular weight excluding hydrogens is 254 g/mol. The van der Waals surface area contributed by atoms with Gasteiger partial charge in [-0.1, -0.05) is 26.0 Å². The first-order valence-corrected chi connectivity index (χ1v) is 6.63. The van der Waals surface area contributed by atoms with Crippen LogP contribution in [0, 0.1) is 12.8 Å². The Hall–Kier alpha value is -2.10. The van der Waals surface area contributed by atoms with Crippen LogP contribution in [-0.2, 0) is 4.79 Å². The monoisotopic (exact) mass is 275 g/mol. The summed E-state index contributed by atoms with van der Waals surface area (Å²) in [5, 5.41) is 11.6. The molecule has 20 heavy (non-hydrogen) atoms. The van der Waals surface area contributed by atoms with Crippen molar-refractivity contribution in [3.8, 4) is 0 Å². The van der Waals surface area contributed by atoms with Crippen molar-refractivity contribution in [3.05, 3.63) is 41.0 Å². The van der Waals surface area contributed by atoms with E-state index in [1.807, 2.05) is 33.8 Å². The fourth-order valence-corrected chi connectivity index (χ4v) is 1.61. The van der Waals surface area contributed by atoms with Crippen molar-refractivity contribution in [2.45, 2.75) is 33.7 Å². The highest BCUT2D eigenvalue weighted by atomic mass is 16.4. The van der Waals surface area contributed by atoms with E-state index in [9.17, 15) is 9.59 Å². The minimum Gasteiger partial charge on any atom is -0.478 e. The number of rotatable bonds is 5. The Balaban J connectivity index is 2.96. The van der Waals surface area contributed by atoms with Gasteiger partial charge in [0.2, 0.25) is 0 Å². The number of benzene rings is 1. The normalized spacial score (nSPS) is 12.7. The standard InChI is InChI=1S/C16H21NO3/c1-10(2)12(4)17-16(20)14-9-13(6-5-11(14)3)7-8-15(18)19/h5-10,12H,1-4H3,(H,17,20)(H,18,19). The molecule has 4 nitrogen and oxygen atoms in total. The van der Waals surface area contributed by atoms with Crippen molar-refractivity contribution in [1.82, 2.24) is 5.32 Å². The third kappa shape index (κ3) is 4.53. The van der Waals surface area contributed by atoms with Gasteiger partial charge in [0.1, 0.15) is 0 Å². The molecule has 2 N–H and O–H groups in total. The summed E-state index contributed by atoms with van der Waals surface area (Å²) in [6.07, 6.45) is 2.54. The van der Waals surface area contributed by atoms with Crippen molar-refractivity contribution in [2.75, 3.05) is 0 Å². The van der Waals surface area contributed by atoms with Crippen LogP contribution in [0.2, 0.25) is 0 Å². The van der Waals surface area contributed by atoms with E-state index in [4.69, 9.17) is 5.11 Å². The molecule has 1 aromatic rings. The van der Waals surface area contributed by atoms with Crippen molar-refractivity contribution in [3.63, 3.8) is 0 Å². The third-order valence-electron chi connectivity index (χ3n) is 3.28. The number of nitrogens with one attached hydrogen (secondary N) is 1. The molecule has 0 aliphatic heterocycles. The lowest BCUT2D eigenvalue weighted by Gasteiger charge is -2.18. The van der Waals surface area contributed by atoms with E-state index in [1.165, 1.54) is 6.08 Å². The van der Waals surface area contributed by atoms with Crippen LogP contribution >= 0.6 is 0 Å². The van der Waals surface area contributed by atoms with E-state index in [2.05, 4.69) is 5.32 Å². The van der Waals surface area contributed by atoms with Crippen molar-refractivity contribution < 1.29 is 14.7 Å². The number of hydrogen-bond acceptors (Lipinski definition) is 2. The number of aryl methyl sites for hydroxylation is 1. The second-order valence-corrected chi connectivity index (χ2v) is 5.25. The van der Waals surface area contributed by atoms with E-state index in [0.29, 0.717) is 17.0 Å². The maximum absolute atomic E-state index is 12.2. The number of amides is 1. The van der Waals surface area contributed by atoms with Crippen LogP contribution in [0.25, 0.3) is 6.08 Å². The van der Waals surface area contributed by atoms with Gasteiger partial charge in [0.25, 0.3) is 5.91 Å². The first kappa shape index (κ1) is 16.0. The Labute approximate surface area is 119 Å². The van der Waals surface area contributed by atoms with Crippen LogP contribution in [0.1, 0.15) is 42.3 Å². The Bertz CT molecular complexity index is 533. The fraction of sp³-hybridized carbons (Fsp3) is 0.375. The topological polar surface area (TPSA) is 66.4 Å². The van der Waals surface area contributed by atoms with Crippen LogP contribution in [0.3, 0.4) is 0 Å². The predicted octanol–water partition coefficient (Wildman–Crippen LogP) is 2.87. The van der Waals surface area contributed by atoms with Crippen LogP contribution in [-0.4, -0.2) is 23.0 Å². The summed E-state index contributed by atoms with van der Waals surface area (Å²) in [4.78, 5) is 22.7. The number of hydrogen-bond donors (Lipinski definition) is 2. The van der Waals surface area contributed by atoms with E-state index in [-0.39, 0.29) is 11.9 Å². The smallest absolute Gasteiger partial charge is 0.328 e. The van der Waals surface area contributed by atoms with Crippen LogP contribution in [0.15, 0.2) is 24.3 Å². The van der Waals surface area contributed by atoms with Gasteiger partial charge in [-0.05, 0) is 43.0 Å². The minimum atomic E-state index is -1.01. The number of carboxylic acid groups (broad SMARTS) is 1. The molecule has 0 radical (unpaired) electrons. The van der Waals surface area contributed by atoms with Gasteiger partial charge < -0.3 is 10.4 Å². The maximum atomic E-state index is 12.2. The van der Waals surface area contributed by atoms with Gasteiger partial charge in [-0.25, -0.2) is 4.79 Å². The summed E-state index contributed by atoms with van der Waals surface area (Å²) in [7, 11) is 0. The Morgan fingerprint density at radius 2 is 1.90 bits per heavy atom. The molecule has 1 amide bonds. The van der Waals surface area contributed by atoms with Crippen molar-refractivity contribution >= 4 is 18.0 Å². The Morgan fingerprint density at radius 1 is 1.25 bits per heavy atom. The lowest BCUT2D eigenvalue weighted by atomic mass is 10.0. The van der Waals surface area contributed by atoms with E-state index in [0.717, 1.165) is 11.6 Å².